The predicted molar refractivity (Wildman–Crippen MR) is 124 cm³/mol. The SMILES string of the molecule is Cc1cccc(NC(=O)c2ccc(OCc3nnc(C(=O)Nc4ccc(F)cc4)s3)cc2)c1. The molecule has 0 bridgehead atoms. The molecule has 166 valence electrons. The minimum atomic E-state index is -0.436. The second-order valence-corrected chi connectivity index (χ2v) is 8.16. The Labute approximate surface area is 193 Å². The van der Waals surface area contributed by atoms with Gasteiger partial charge in [-0.25, -0.2) is 4.39 Å². The van der Waals surface area contributed by atoms with Gasteiger partial charge in [-0.1, -0.05) is 23.5 Å². The molecular formula is C24H19FN4O3S. The van der Waals surface area contributed by atoms with Crippen LogP contribution >= 0.6 is 11.3 Å². The maximum absolute atomic E-state index is 13.0. The molecule has 7 nitrogen and oxygen atoms in total. The van der Waals surface area contributed by atoms with Crippen molar-refractivity contribution in [3.63, 3.8) is 0 Å². The molecule has 0 radical (unpaired) electrons. The van der Waals surface area contributed by atoms with Gasteiger partial charge in [-0.2, -0.15) is 0 Å². The smallest absolute Gasteiger partial charge is 0.286 e. The van der Waals surface area contributed by atoms with Crippen molar-refractivity contribution in [1.82, 2.24) is 10.2 Å². The van der Waals surface area contributed by atoms with Gasteiger partial charge in [0, 0.05) is 16.9 Å². The number of anilines is 2. The summed E-state index contributed by atoms with van der Waals surface area (Å²) in [5, 5.41) is 14.0. The molecule has 0 saturated heterocycles. The Morgan fingerprint density at radius 3 is 2.36 bits per heavy atom. The van der Waals surface area contributed by atoms with E-state index in [4.69, 9.17) is 4.74 Å². The summed E-state index contributed by atoms with van der Waals surface area (Å²) in [6, 6.07) is 19.7. The minimum Gasteiger partial charge on any atom is -0.486 e. The van der Waals surface area contributed by atoms with E-state index in [9.17, 15) is 14.0 Å². The normalized spacial score (nSPS) is 10.5. The summed E-state index contributed by atoms with van der Waals surface area (Å²) in [5.74, 6) is -0.486. The van der Waals surface area contributed by atoms with Gasteiger partial charge in [-0.15, -0.1) is 10.2 Å². The number of aryl methyl sites for hydroxylation is 1. The summed E-state index contributed by atoms with van der Waals surface area (Å²) in [7, 11) is 0. The highest BCUT2D eigenvalue weighted by atomic mass is 32.1. The lowest BCUT2D eigenvalue weighted by atomic mass is 10.2. The molecule has 1 aromatic heterocycles. The maximum atomic E-state index is 13.0. The molecule has 3 aromatic carbocycles. The largest absolute Gasteiger partial charge is 0.486 e. The van der Waals surface area contributed by atoms with E-state index < -0.39 is 5.91 Å². The number of halogens is 1. The summed E-state index contributed by atoms with van der Waals surface area (Å²) >= 11 is 1.10. The van der Waals surface area contributed by atoms with Crippen LogP contribution in [0.15, 0.2) is 72.8 Å². The number of hydrogen-bond donors (Lipinski definition) is 2. The third kappa shape index (κ3) is 5.98. The quantitative estimate of drug-likeness (QED) is 0.400. The highest BCUT2D eigenvalue weighted by Gasteiger charge is 2.14. The lowest BCUT2D eigenvalue weighted by Gasteiger charge is -2.07. The van der Waals surface area contributed by atoms with Crippen molar-refractivity contribution < 1.29 is 18.7 Å². The summed E-state index contributed by atoms with van der Waals surface area (Å²) < 4.78 is 18.7. The average molecular weight is 463 g/mol. The molecule has 0 fully saturated rings. The van der Waals surface area contributed by atoms with Gasteiger partial charge >= 0.3 is 0 Å². The number of carbonyl (C=O) groups excluding carboxylic acids is 2. The Kier molecular flexibility index (Phi) is 6.70. The molecule has 0 spiro atoms. The molecule has 0 aliphatic heterocycles. The second-order valence-electron chi connectivity index (χ2n) is 7.10. The molecule has 9 heteroatoms. The third-order valence-electron chi connectivity index (χ3n) is 4.52. The molecule has 2 N–H and O–H groups in total. The van der Waals surface area contributed by atoms with Crippen molar-refractivity contribution >= 4 is 34.5 Å². The van der Waals surface area contributed by atoms with Crippen molar-refractivity contribution in [2.75, 3.05) is 10.6 Å². The molecule has 4 rings (SSSR count). The monoisotopic (exact) mass is 462 g/mol. The van der Waals surface area contributed by atoms with Crippen LogP contribution in [-0.2, 0) is 6.61 Å². The van der Waals surface area contributed by atoms with Gasteiger partial charge in [0.25, 0.3) is 11.8 Å². The standard InChI is InChI=1S/C24H19FN4O3S/c1-15-3-2-4-19(13-15)27-22(30)16-5-11-20(12-6-16)32-14-21-28-29-24(33-21)23(31)26-18-9-7-17(25)8-10-18/h2-13H,14H2,1H3,(H,26,31)(H,27,30). The molecular weight excluding hydrogens is 443 g/mol. The Morgan fingerprint density at radius 2 is 1.64 bits per heavy atom. The van der Waals surface area contributed by atoms with Gasteiger partial charge < -0.3 is 15.4 Å². The lowest BCUT2D eigenvalue weighted by molar-refractivity contribution is 0.101. The zero-order valence-electron chi connectivity index (χ0n) is 17.5. The highest BCUT2D eigenvalue weighted by molar-refractivity contribution is 7.13. The van der Waals surface area contributed by atoms with E-state index in [2.05, 4.69) is 20.8 Å². The minimum absolute atomic E-state index is 0.121. The van der Waals surface area contributed by atoms with E-state index in [1.165, 1.54) is 24.3 Å². The number of benzene rings is 3. The fourth-order valence-corrected chi connectivity index (χ4v) is 3.54. The summed E-state index contributed by atoms with van der Waals surface area (Å²) in [6.07, 6.45) is 0. The lowest BCUT2D eigenvalue weighted by Crippen LogP contribution is -2.11. The fourth-order valence-electron chi connectivity index (χ4n) is 2.90. The van der Waals surface area contributed by atoms with Crippen LogP contribution in [0.4, 0.5) is 15.8 Å². The third-order valence-corrected chi connectivity index (χ3v) is 5.41. The van der Waals surface area contributed by atoms with Crippen molar-refractivity contribution in [2.24, 2.45) is 0 Å². The first-order chi connectivity index (χ1) is 16.0. The highest BCUT2D eigenvalue weighted by Crippen LogP contribution is 2.19. The van der Waals surface area contributed by atoms with Gasteiger partial charge in [0.05, 0.1) is 0 Å². The predicted octanol–water partition coefficient (Wildman–Crippen LogP) is 5.07. The fraction of sp³-hybridized carbons (Fsp3) is 0.0833. The summed E-state index contributed by atoms with van der Waals surface area (Å²) in [6.45, 7) is 2.08. The first-order valence-corrected chi connectivity index (χ1v) is 10.8. The Balaban J connectivity index is 1.30. The number of carbonyl (C=O) groups is 2. The number of hydrogen-bond acceptors (Lipinski definition) is 6. The van der Waals surface area contributed by atoms with Gasteiger partial charge in [0.15, 0.2) is 5.01 Å². The van der Waals surface area contributed by atoms with Gasteiger partial charge in [-0.05, 0) is 73.2 Å². The average Bonchev–Trinajstić information content (AvgIpc) is 3.29. The molecule has 0 aliphatic carbocycles. The van der Waals surface area contributed by atoms with E-state index >= 15 is 0 Å². The number of ether oxygens (including phenoxy) is 1. The second kappa shape index (κ2) is 10.0. The summed E-state index contributed by atoms with van der Waals surface area (Å²) in [4.78, 5) is 24.7. The molecule has 0 saturated carbocycles. The molecule has 2 amide bonds. The van der Waals surface area contributed by atoms with E-state index in [0.29, 0.717) is 22.0 Å². The Morgan fingerprint density at radius 1 is 0.909 bits per heavy atom. The van der Waals surface area contributed by atoms with Gasteiger partial charge in [0.1, 0.15) is 18.2 Å². The van der Waals surface area contributed by atoms with Crippen molar-refractivity contribution in [3.8, 4) is 5.75 Å². The number of nitrogens with zero attached hydrogens (tertiary/aromatic N) is 2. The number of nitrogens with one attached hydrogen (secondary N) is 2. The molecule has 1 heterocycles. The number of amides is 2. The molecule has 4 aromatic rings. The van der Waals surface area contributed by atoms with E-state index in [0.717, 1.165) is 22.6 Å². The Hall–Kier alpha value is -4.11. The van der Waals surface area contributed by atoms with Crippen LogP contribution in [0.1, 0.15) is 30.7 Å². The van der Waals surface area contributed by atoms with E-state index in [-0.39, 0.29) is 23.3 Å². The van der Waals surface area contributed by atoms with Crippen molar-refractivity contribution in [2.45, 2.75) is 13.5 Å². The molecule has 33 heavy (non-hydrogen) atoms. The first kappa shape index (κ1) is 22.1. The van der Waals surface area contributed by atoms with E-state index in [1.807, 2.05) is 31.2 Å². The molecule has 0 unspecified atom stereocenters. The van der Waals surface area contributed by atoms with Gasteiger partial charge in [0.2, 0.25) is 5.01 Å². The zero-order valence-corrected chi connectivity index (χ0v) is 18.4. The van der Waals surface area contributed by atoms with Crippen molar-refractivity contribution in [3.05, 3.63) is 99.8 Å². The van der Waals surface area contributed by atoms with Crippen LogP contribution in [0.2, 0.25) is 0 Å². The van der Waals surface area contributed by atoms with Crippen LogP contribution in [-0.4, -0.2) is 22.0 Å². The van der Waals surface area contributed by atoms with Gasteiger partial charge in [-0.3, -0.25) is 9.59 Å². The maximum Gasteiger partial charge on any atom is 0.286 e. The molecule has 0 aliphatic rings. The first-order valence-electron chi connectivity index (χ1n) is 9.96. The van der Waals surface area contributed by atoms with Crippen LogP contribution in [0.3, 0.4) is 0 Å². The summed E-state index contributed by atoms with van der Waals surface area (Å²) in [5.41, 5.74) is 2.75. The molecule has 0 atom stereocenters. The van der Waals surface area contributed by atoms with Crippen LogP contribution in [0.5, 0.6) is 5.75 Å². The van der Waals surface area contributed by atoms with Crippen LogP contribution in [0, 0.1) is 12.7 Å². The topological polar surface area (TPSA) is 93.2 Å². The van der Waals surface area contributed by atoms with Crippen molar-refractivity contribution in [1.29, 1.82) is 0 Å². The van der Waals surface area contributed by atoms with Crippen LogP contribution in [0.25, 0.3) is 0 Å². The Bertz CT molecular complexity index is 1270. The number of aromatic nitrogens is 2. The van der Waals surface area contributed by atoms with Crippen LogP contribution < -0.4 is 15.4 Å². The zero-order chi connectivity index (χ0) is 23.2. The van der Waals surface area contributed by atoms with E-state index in [1.54, 1.807) is 24.3 Å². The number of rotatable bonds is 7.